The van der Waals surface area contributed by atoms with Gasteiger partial charge in [-0.15, -0.1) is 0 Å². The molecule has 0 amide bonds. The SMILES string of the molecule is CNCCc1c(C)[nH]c2cc(C(=O)O)ccc12. The Bertz CT molecular complexity index is 558. The Hall–Kier alpha value is -1.81. The molecule has 4 nitrogen and oxygen atoms in total. The number of rotatable bonds is 4. The summed E-state index contributed by atoms with van der Waals surface area (Å²) in [6.07, 6.45) is 0.939. The number of likely N-dealkylation sites (N-methyl/N-ethyl adjacent to an activating group) is 1. The maximum atomic E-state index is 10.9. The zero-order chi connectivity index (χ0) is 12.4. The van der Waals surface area contributed by atoms with Gasteiger partial charge in [-0.1, -0.05) is 6.07 Å². The van der Waals surface area contributed by atoms with Crippen molar-refractivity contribution in [2.45, 2.75) is 13.3 Å². The molecule has 1 heterocycles. The van der Waals surface area contributed by atoms with E-state index >= 15 is 0 Å². The minimum Gasteiger partial charge on any atom is -0.478 e. The topological polar surface area (TPSA) is 65.1 Å². The second-order valence-corrected chi connectivity index (χ2v) is 4.15. The maximum Gasteiger partial charge on any atom is 0.335 e. The number of carboxylic acid groups (broad SMARTS) is 1. The summed E-state index contributed by atoms with van der Waals surface area (Å²) in [5, 5.41) is 13.2. The van der Waals surface area contributed by atoms with Gasteiger partial charge in [-0.2, -0.15) is 0 Å². The molecular weight excluding hydrogens is 216 g/mol. The fourth-order valence-corrected chi connectivity index (χ4v) is 2.10. The van der Waals surface area contributed by atoms with Crippen LogP contribution in [-0.4, -0.2) is 29.7 Å². The highest BCUT2D eigenvalue weighted by Crippen LogP contribution is 2.23. The normalized spacial score (nSPS) is 10.9. The molecule has 3 N–H and O–H groups in total. The van der Waals surface area contributed by atoms with Crippen molar-refractivity contribution in [2.75, 3.05) is 13.6 Å². The van der Waals surface area contributed by atoms with Crippen molar-refractivity contribution in [1.82, 2.24) is 10.3 Å². The molecule has 2 rings (SSSR count). The van der Waals surface area contributed by atoms with Crippen LogP contribution in [0.5, 0.6) is 0 Å². The summed E-state index contributed by atoms with van der Waals surface area (Å²) in [7, 11) is 1.92. The third-order valence-electron chi connectivity index (χ3n) is 2.99. The molecule has 0 saturated heterocycles. The molecule has 17 heavy (non-hydrogen) atoms. The standard InChI is InChI=1S/C13H16N2O2/c1-8-10(5-6-14-2)11-4-3-9(13(16)17)7-12(11)15-8/h3-4,7,14-15H,5-6H2,1-2H3,(H,16,17). The molecule has 0 radical (unpaired) electrons. The predicted octanol–water partition coefficient (Wildman–Crippen LogP) is 1.94. The van der Waals surface area contributed by atoms with Crippen molar-refractivity contribution >= 4 is 16.9 Å². The number of hydrogen-bond acceptors (Lipinski definition) is 2. The fourth-order valence-electron chi connectivity index (χ4n) is 2.10. The molecule has 0 fully saturated rings. The van der Waals surface area contributed by atoms with Gasteiger partial charge in [0, 0.05) is 16.6 Å². The van der Waals surface area contributed by atoms with Gasteiger partial charge in [0.15, 0.2) is 0 Å². The quantitative estimate of drug-likeness (QED) is 0.754. The summed E-state index contributed by atoms with van der Waals surface area (Å²) in [4.78, 5) is 14.1. The number of aryl methyl sites for hydroxylation is 1. The highest BCUT2D eigenvalue weighted by Gasteiger charge is 2.10. The third kappa shape index (κ3) is 2.17. The number of nitrogens with one attached hydrogen (secondary N) is 2. The van der Waals surface area contributed by atoms with Gasteiger partial charge in [0.1, 0.15) is 0 Å². The number of aromatic carboxylic acids is 1. The van der Waals surface area contributed by atoms with E-state index in [9.17, 15) is 4.79 Å². The Labute approximate surface area is 99.7 Å². The Morgan fingerprint density at radius 2 is 2.24 bits per heavy atom. The van der Waals surface area contributed by atoms with Gasteiger partial charge in [-0.05, 0) is 44.6 Å². The van der Waals surface area contributed by atoms with Crippen molar-refractivity contribution in [1.29, 1.82) is 0 Å². The summed E-state index contributed by atoms with van der Waals surface area (Å²) in [6, 6.07) is 5.22. The fraction of sp³-hybridized carbons (Fsp3) is 0.308. The lowest BCUT2D eigenvalue weighted by Crippen LogP contribution is -2.10. The maximum absolute atomic E-state index is 10.9. The second kappa shape index (κ2) is 4.59. The van der Waals surface area contributed by atoms with E-state index in [2.05, 4.69) is 10.3 Å². The summed E-state index contributed by atoms with van der Waals surface area (Å²) < 4.78 is 0. The van der Waals surface area contributed by atoms with Crippen LogP contribution in [0.25, 0.3) is 10.9 Å². The molecule has 1 aromatic carbocycles. The molecule has 0 bridgehead atoms. The van der Waals surface area contributed by atoms with E-state index in [0.717, 1.165) is 29.6 Å². The molecule has 0 aliphatic heterocycles. The van der Waals surface area contributed by atoms with Gasteiger partial charge < -0.3 is 15.4 Å². The van der Waals surface area contributed by atoms with Crippen LogP contribution in [0.15, 0.2) is 18.2 Å². The molecule has 0 spiro atoms. The van der Waals surface area contributed by atoms with Gasteiger partial charge in [0.05, 0.1) is 5.56 Å². The van der Waals surface area contributed by atoms with Crippen LogP contribution in [0.1, 0.15) is 21.6 Å². The van der Waals surface area contributed by atoms with Crippen molar-refractivity contribution in [3.8, 4) is 0 Å². The monoisotopic (exact) mass is 232 g/mol. The number of aromatic nitrogens is 1. The van der Waals surface area contributed by atoms with Gasteiger partial charge >= 0.3 is 5.97 Å². The first kappa shape index (κ1) is 11.7. The Morgan fingerprint density at radius 3 is 2.88 bits per heavy atom. The Kier molecular flexibility index (Phi) is 3.15. The smallest absolute Gasteiger partial charge is 0.335 e. The van der Waals surface area contributed by atoms with Gasteiger partial charge in [-0.3, -0.25) is 0 Å². The lowest BCUT2D eigenvalue weighted by atomic mass is 10.1. The molecule has 2 aromatic rings. The molecular formula is C13H16N2O2. The van der Waals surface area contributed by atoms with Gasteiger partial charge in [0.2, 0.25) is 0 Å². The van der Waals surface area contributed by atoms with Crippen LogP contribution in [0, 0.1) is 6.92 Å². The van der Waals surface area contributed by atoms with Crippen molar-refractivity contribution < 1.29 is 9.90 Å². The second-order valence-electron chi connectivity index (χ2n) is 4.15. The van der Waals surface area contributed by atoms with Crippen LogP contribution in [0.3, 0.4) is 0 Å². The third-order valence-corrected chi connectivity index (χ3v) is 2.99. The summed E-state index contributed by atoms with van der Waals surface area (Å²) in [5.41, 5.74) is 3.58. The Balaban J connectivity index is 2.48. The van der Waals surface area contributed by atoms with E-state index in [-0.39, 0.29) is 0 Å². The highest BCUT2D eigenvalue weighted by atomic mass is 16.4. The first-order valence-corrected chi connectivity index (χ1v) is 5.62. The lowest BCUT2D eigenvalue weighted by molar-refractivity contribution is 0.0697. The highest BCUT2D eigenvalue weighted by molar-refractivity contribution is 5.94. The van der Waals surface area contributed by atoms with Crippen LogP contribution in [-0.2, 0) is 6.42 Å². The van der Waals surface area contributed by atoms with E-state index in [1.165, 1.54) is 5.56 Å². The lowest BCUT2D eigenvalue weighted by Gasteiger charge is -2.01. The number of aromatic amines is 1. The average molecular weight is 232 g/mol. The van der Waals surface area contributed by atoms with Crippen LogP contribution in [0.4, 0.5) is 0 Å². The van der Waals surface area contributed by atoms with E-state index < -0.39 is 5.97 Å². The van der Waals surface area contributed by atoms with Crippen molar-refractivity contribution in [3.63, 3.8) is 0 Å². The molecule has 0 aliphatic rings. The molecule has 0 saturated carbocycles. The van der Waals surface area contributed by atoms with Crippen LogP contribution < -0.4 is 5.32 Å². The molecule has 0 unspecified atom stereocenters. The predicted molar refractivity (Wildman–Crippen MR) is 67.6 cm³/mol. The summed E-state index contributed by atoms with van der Waals surface area (Å²) >= 11 is 0. The minimum absolute atomic E-state index is 0.318. The number of fused-ring (bicyclic) bond motifs is 1. The van der Waals surface area contributed by atoms with E-state index in [1.807, 2.05) is 20.0 Å². The van der Waals surface area contributed by atoms with Gasteiger partial charge in [-0.25, -0.2) is 4.79 Å². The van der Waals surface area contributed by atoms with Crippen LogP contribution in [0.2, 0.25) is 0 Å². The molecule has 1 aromatic heterocycles. The number of H-pyrrole nitrogens is 1. The van der Waals surface area contributed by atoms with E-state index in [0.29, 0.717) is 5.56 Å². The number of carbonyl (C=O) groups is 1. The average Bonchev–Trinajstić information content (AvgIpc) is 2.61. The zero-order valence-corrected chi connectivity index (χ0v) is 10.0. The Morgan fingerprint density at radius 1 is 1.47 bits per heavy atom. The van der Waals surface area contributed by atoms with Crippen LogP contribution >= 0.6 is 0 Å². The largest absolute Gasteiger partial charge is 0.478 e. The van der Waals surface area contributed by atoms with Crippen molar-refractivity contribution in [2.24, 2.45) is 0 Å². The molecule has 4 heteroatoms. The number of hydrogen-bond donors (Lipinski definition) is 3. The minimum atomic E-state index is -0.893. The summed E-state index contributed by atoms with van der Waals surface area (Å²) in [6.45, 7) is 2.93. The molecule has 0 atom stereocenters. The molecule has 0 aliphatic carbocycles. The first-order valence-electron chi connectivity index (χ1n) is 5.62. The van der Waals surface area contributed by atoms with Crippen molar-refractivity contribution in [3.05, 3.63) is 35.0 Å². The summed E-state index contributed by atoms with van der Waals surface area (Å²) in [5.74, 6) is -0.893. The van der Waals surface area contributed by atoms with Gasteiger partial charge in [0.25, 0.3) is 0 Å². The number of benzene rings is 1. The molecule has 90 valence electrons. The van der Waals surface area contributed by atoms with E-state index in [1.54, 1.807) is 12.1 Å². The zero-order valence-electron chi connectivity index (χ0n) is 10.0. The number of carboxylic acids is 1. The first-order chi connectivity index (χ1) is 8.13. The van der Waals surface area contributed by atoms with E-state index in [4.69, 9.17) is 5.11 Å².